The lowest BCUT2D eigenvalue weighted by Gasteiger charge is -2.36. The zero-order valence-corrected chi connectivity index (χ0v) is 15.4. The highest BCUT2D eigenvalue weighted by atomic mass is 19.1. The Morgan fingerprint density at radius 1 is 1.33 bits per heavy atom. The minimum absolute atomic E-state index is 0.109. The molecule has 2 aromatic rings. The van der Waals surface area contributed by atoms with E-state index < -0.39 is 5.82 Å². The molecule has 1 aliphatic rings. The number of aromatic hydroxyl groups is 1. The Bertz CT molecular complexity index is 890. The van der Waals surface area contributed by atoms with Gasteiger partial charge in [0, 0.05) is 59.2 Å². The number of phenols is 1. The van der Waals surface area contributed by atoms with Crippen LogP contribution in [0.15, 0.2) is 40.4 Å². The summed E-state index contributed by atoms with van der Waals surface area (Å²) in [6, 6.07) is 4.29. The minimum Gasteiger partial charge on any atom is -0.505 e. The van der Waals surface area contributed by atoms with Crippen LogP contribution in [0.4, 0.5) is 10.2 Å². The molecular weight excluding hydrogens is 351 g/mol. The predicted molar refractivity (Wildman–Crippen MR) is 102 cm³/mol. The molecule has 1 fully saturated rings. The van der Waals surface area contributed by atoms with Crippen molar-refractivity contribution in [3.63, 3.8) is 0 Å². The quantitative estimate of drug-likeness (QED) is 0.602. The maximum Gasteiger partial charge on any atom is 0.293 e. The molecule has 1 aliphatic heterocycles. The smallest absolute Gasteiger partial charge is 0.293 e. The van der Waals surface area contributed by atoms with E-state index in [9.17, 15) is 14.3 Å². The maximum atomic E-state index is 13.4. The average molecular weight is 374 g/mol. The van der Waals surface area contributed by atoms with Crippen molar-refractivity contribution in [3.05, 3.63) is 52.3 Å². The summed E-state index contributed by atoms with van der Waals surface area (Å²) in [5, 5.41) is 12.5. The second-order valence-corrected chi connectivity index (χ2v) is 6.33. The standard InChI is InChI=1S/C18H23FN6O2/c1-20-18(22-12-13-3-4-15(26)14(19)11-13)25-9-7-24(8-10-25)16-17(27)23(2)6-5-21-16/h3-6,11,26H,7-10,12H2,1-2H3,(H,20,22). The van der Waals surface area contributed by atoms with Gasteiger partial charge in [-0.25, -0.2) is 9.37 Å². The van der Waals surface area contributed by atoms with Crippen LogP contribution in [0, 0.1) is 5.82 Å². The maximum absolute atomic E-state index is 13.4. The lowest BCUT2D eigenvalue weighted by Crippen LogP contribution is -2.53. The van der Waals surface area contributed by atoms with Crippen LogP contribution in [-0.4, -0.2) is 58.7 Å². The summed E-state index contributed by atoms with van der Waals surface area (Å²) in [7, 11) is 3.41. The zero-order chi connectivity index (χ0) is 19.4. The highest BCUT2D eigenvalue weighted by Crippen LogP contribution is 2.16. The summed E-state index contributed by atoms with van der Waals surface area (Å²) >= 11 is 0. The highest BCUT2D eigenvalue weighted by molar-refractivity contribution is 5.80. The fraction of sp³-hybridized carbons (Fsp3) is 0.389. The van der Waals surface area contributed by atoms with E-state index in [4.69, 9.17) is 0 Å². The Balaban J connectivity index is 1.59. The van der Waals surface area contributed by atoms with Gasteiger partial charge in [0.15, 0.2) is 23.3 Å². The molecule has 1 aromatic heterocycles. The zero-order valence-electron chi connectivity index (χ0n) is 15.4. The van der Waals surface area contributed by atoms with E-state index in [2.05, 4.69) is 20.2 Å². The number of aryl methyl sites for hydroxylation is 1. The van der Waals surface area contributed by atoms with E-state index >= 15 is 0 Å². The number of guanidine groups is 1. The molecule has 0 aliphatic carbocycles. The topological polar surface area (TPSA) is 86.0 Å². The second-order valence-electron chi connectivity index (χ2n) is 6.33. The molecule has 0 atom stereocenters. The summed E-state index contributed by atoms with van der Waals surface area (Å²) in [4.78, 5) is 24.8. The molecular formula is C18H23FN6O2. The Labute approximate surface area is 156 Å². The van der Waals surface area contributed by atoms with Gasteiger partial charge in [-0.1, -0.05) is 6.07 Å². The molecule has 0 amide bonds. The number of rotatable bonds is 3. The number of hydrogen-bond donors (Lipinski definition) is 2. The molecule has 3 rings (SSSR count). The van der Waals surface area contributed by atoms with Crippen molar-refractivity contribution in [1.29, 1.82) is 0 Å². The van der Waals surface area contributed by atoms with Gasteiger partial charge >= 0.3 is 0 Å². The number of aromatic nitrogens is 2. The number of piperazine rings is 1. The Morgan fingerprint density at radius 2 is 2.07 bits per heavy atom. The summed E-state index contributed by atoms with van der Waals surface area (Å²) < 4.78 is 15.0. The van der Waals surface area contributed by atoms with Crippen molar-refractivity contribution < 1.29 is 9.50 Å². The van der Waals surface area contributed by atoms with Gasteiger partial charge in [-0.15, -0.1) is 0 Å². The molecule has 0 spiro atoms. The van der Waals surface area contributed by atoms with Gasteiger partial charge in [0.1, 0.15) is 0 Å². The van der Waals surface area contributed by atoms with Crippen LogP contribution < -0.4 is 15.8 Å². The molecule has 0 saturated carbocycles. The number of nitrogens with one attached hydrogen (secondary N) is 1. The van der Waals surface area contributed by atoms with Crippen LogP contribution in [0.25, 0.3) is 0 Å². The monoisotopic (exact) mass is 374 g/mol. The van der Waals surface area contributed by atoms with Crippen molar-refractivity contribution in [1.82, 2.24) is 19.8 Å². The number of nitrogens with zero attached hydrogens (tertiary/aromatic N) is 5. The largest absolute Gasteiger partial charge is 0.505 e. The fourth-order valence-electron chi connectivity index (χ4n) is 3.01. The van der Waals surface area contributed by atoms with Gasteiger partial charge in [0.2, 0.25) is 0 Å². The third-order valence-electron chi connectivity index (χ3n) is 4.55. The number of halogens is 1. The third-order valence-corrected chi connectivity index (χ3v) is 4.55. The van der Waals surface area contributed by atoms with Gasteiger partial charge in [0.25, 0.3) is 5.56 Å². The SMILES string of the molecule is CN=C(NCc1ccc(O)c(F)c1)N1CCN(c2nccn(C)c2=O)CC1. The van der Waals surface area contributed by atoms with Crippen LogP contribution in [-0.2, 0) is 13.6 Å². The molecule has 27 heavy (non-hydrogen) atoms. The van der Waals surface area contributed by atoms with Gasteiger partial charge in [-0.2, -0.15) is 0 Å². The molecule has 2 N–H and O–H groups in total. The first kappa shape index (κ1) is 18.7. The third kappa shape index (κ3) is 4.18. The number of anilines is 1. The van der Waals surface area contributed by atoms with Crippen LogP contribution >= 0.6 is 0 Å². The van der Waals surface area contributed by atoms with Crippen molar-refractivity contribution in [2.75, 3.05) is 38.1 Å². The first-order valence-electron chi connectivity index (χ1n) is 8.69. The van der Waals surface area contributed by atoms with Crippen molar-refractivity contribution in [2.24, 2.45) is 12.0 Å². The van der Waals surface area contributed by atoms with Crippen molar-refractivity contribution in [3.8, 4) is 5.75 Å². The van der Waals surface area contributed by atoms with E-state index in [1.807, 2.05) is 4.90 Å². The van der Waals surface area contributed by atoms with Gasteiger partial charge in [-0.05, 0) is 17.7 Å². The first-order chi connectivity index (χ1) is 13.0. The lowest BCUT2D eigenvalue weighted by atomic mass is 10.2. The van der Waals surface area contributed by atoms with E-state index in [1.165, 1.54) is 16.7 Å². The van der Waals surface area contributed by atoms with Crippen LogP contribution in [0.3, 0.4) is 0 Å². The van der Waals surface area contributed by atoms with E-state index in [0.717, 1.165) is 0 Å². The molecule has 1 aromatic carbocycles. The number of aliphatic imine (C=N–C) groups is 1. The van der Waals surface area contributed by atoms with Crippen molar-refractivity contribution in [2.45, 2.75) is 6.54 Å². The molecule has 144 valence electrons. The van der Waals surface area contributed by atoms with Crippen LogP contribution in [0.1, 0.15) is 5.56 Å². The number of benzene rings is 1. The normalized spacial score (nSPS) is 15.1. The average Bonchev–Trinajstić information content (AvgIpc) is 2.68. The van der Waals surface area contributed by atoms with Crippen molar-refractivity contribution >= 4 is 11.8 Å². The molecule has 9 heteroatoms. The first-order valence-corrected chi connectivity index (χ1v) is 8.69. The van der Waals surface area contributed by atoms with E-state index in [1.54, 1.807) is 32.6 Å². The second kappa shape index (κ2) is 8.07. The Hall–Kier alpha value is -3.10. The van der Waals surface area contributed by atoms with Gasteiger partial charge in [-0.3, -0.25) is 9.79 Å². The van der Waals surface area contributed by atoms with Gasteiger partial charge < -0.3 is 24.8 Å². The number of phenolic OH excluding ortho intramolecular Hbond substituents is 1. The van der Waals surface area contributed by atoms with E-state index in [-0.39, 0.29) is 11.3 Å². The summed E-state index contributed by atoms with van der Waals surface area (Å²) in [5.74, 6) is 0.161. The lowest BCUT2D eigenvalue weighted by molar-refractivity contribution is 0.370. The number of hydrogen-bond acceptors (Lipinski definition) is 5. The van der Waals surface area contributed by atoms with Crippen LogP contribution in [0.5, 0.6) is 5.75 Å². The molecule has 2 heterocycles. The predicted octanol–water partition coefficient (Wildman–Crippen LogP) is 0.523. The molecule has 0 radical (unpaired) electrons. The van der Waals surface area contributed by atoms with Gasteiger partial charge in [0.05, 0.1) is 0 Å². The minimum atomic E-state index is -0.644. The summed E-state index contributed by atoms with van der Waals surface area (Å²) in [5.41, 5.74) is 0.602. The van der Waals surface area contributed by atoms with E-state index in [0.29, 0.717) is 50.1 Å². The Morgan fingerprint density at radius 3 is 2.74 bits per heavy atom. The highest BCUT2D eigenvalue weighted by Gasteiger charge is 2.22. The molecule has 0 unspecified atom stereocenters. The molecule has 1 saturated heterocycles. The summed E-state index contributed by atoms with van der Waals surface area (Å²) in [6.45, 7) is 3.07. The molecule has 0 bridgehead atoms. The molecule has 8 nitrogen and oxygen atoms in total. The fourth-order valence-corrected chi connectivity index (χ4v) is 3.01. The Kier molecular flexibility index (Phi) is 5.58. The summed E-state index contributed by atoms with van der Waals surface area (Å²) in [6.07, 6.45) is 3.26. The van der Waals surface area contributed by atoms with Crippen LogP contribution in [0.2, 0.25) is 0 Å².